The number of nitrogens with two attached hydrogens (primary N) is 1. The number of rotatable bonds is 5. The zero-order valence-corrected chi connectivity index (χ0v) is 8.90. The monoisotopic (exact) mass is 198 g/mol. The lowest BCUT2D eigenvalue weighted by molar-refractivity contribution is 0.0800. The number of ether oxygens (including phenoxy) is 1. The summed E-state index contributed by atoms with van der Waals surface area (Å²) >= 11 is 0. The predicted molar refractivity (Wildman–Crippen MR) is 54.4 cm³/mol. The SMILES string of the molecule is CCn1nccc1C(NN)C(C)OC. The first-order valence-corrected chi connectivity index (χ1v) is 4.75. The second kappa shape index (κ2) is 5.09. The van der Waals surface area contributed by atoms with Gasteiger partial charge in [-0.25, -0.2) is 5.43 Å². The number of aromatic nitrogens is 2. The molecule has 2 unspecified atom stereocenters. The molecule has 3 N–H and O–H groups in total. The highest BCUT2D eigenvalue weighted by Crippen LogP contribution is 2.17. The molecule has 2 atom stereocenters. The molecule has 1 rings (SSSR count). The van der Waals surface area contributed by atoms with Crippen molar-refractivity contribution in [2.45, 2.75) is 32.5 Å². The first-order valence-electron chi connectivity index (χ1n) is 4.75. The van der Waals surface area contributed by atoms with Crippen molar-refractivity contribution in [3.63, 3.8) is 0 Å². The largest absolute Gasteiger partial charge is 0.380 e. The lowest BCUT2D eigenvalue weighted by atomic mass is 10.1. The van der Waals surface area contributed by atoms with Crippen LogP contribution in [0.15, 0.2) is 12.3 Å². The molecule has 1 aromatic rings. The van der Waals surface area contributed by atoms with Crippen molar-refractivity contribution in [1.82, 2.24) is 15.2 Å². The summed E-state index contributed by atoms with van der Waals surface area (Å²) in [6, 6.07) is 1.92. The van der Waals surface area contributed by atoms with Crippen LogP contribution in [0.4, 0.5) is 0 Å². The Bertz CT molecular complexity index is 274. The number of hydrogen-bond donors (Lipinski definition) is 2. The fourth-order valence-corrected chi connectivity index (χ4v) is 1.47. The van der Waals surface area contributed by atoms with E-state index in [0.717, 1.165) is 12.2 Å². The van der Waals surface area contributed by atoms with Gasteiger partial charge in [-0.1, -0.05) is 0 Å². The summed E-state index contributed by atoms with van der Waals surface area (Å²) in [4.78, 5) is 0. The average molecular weight is 198 g/mol. The summed E-state index contributed by atoms with van der Waals surface area (Å²) in [5.41, 5.74) is 3.79. The number of aryl methyl sites for hydroxylation is 1. The van der Waals surface area contributed by atoms with Crippen LogP contribution in [0.25, 0.3) is 0 Å². The van der Waals surface area contributed by atoms with Crippen molar-refractivity contribution >= 4 is 0 Å². The van der Waals surface area contributed by atoms with Gasteiger partial charge >= 0.3 is 0 Å². The Morgan fingerprint density at radius 1 is 1.71 bits per heavy atom. The number of nitrogens with zero attached hydrogens (tertiary/aromatic N) is 2. The lowest BCUT2D eigenvalue weighted by Gasteiger charge is -2.22. The van der Waals surface area contributed by atoms with Gasteiger partial charge in [-0.3, -0.25) is 10.5 Å². The smallest absolute Gasteiger partial charge is 0.0887 e. The van der Waals surface area contributed by atoms with Crippen molar-refractivity contribution in [3.8, 4) is 0 Å². The van der Waals surface area contributed by atoms with E-state index in [-0.39, 0.29) is 12.1 Å². The lowest BCUT2D eigenvalue weighted by Crippen LogP contribution is -2.37. The van der Waals surface area contributed by atoms with Gasteiger partial charge in [0.2, 0.25) is 0 Å². The first kappa shape index (κ1) is 11.2. The molecule has 1 aromatic heterocycles. The van der Waals surface area contributed by atoms with Gasteiger partial charge in [0, 0.05) is 19.9 Å². The number of methoxy groups -OCH3 is 1. The third-order valence-electron chi connectivity index (χ3n) is 2.39. The van der Waals surface area contributed by atoms with Gasteiger partial charge < -0.3 is 4.74 Å². The van der Waals surface area contributed by atoms with Crippen LogP contribution in [0.3, 0.4) is 0 Å². The normalized spacial score (nSPS) is 15.4. The molecule has 5 nitrogen and oxygen atoms in total. The Labute approximate surface area is 84.2 Å². The standard InChI is InChI=1S/C9H18N4O/c1-4-13-8(5-6-11-13)9(12-10)7(2)14-3/h5-7,9,12H,4,10H2,1-3H3. The molecule has 0 aliphatic carbocycles. The Kier molecular flexibility index (Phi) is 4.06. The minimum absolute atomic E-state index is 0.0157. The van der Waals surface area contributed by atoms with Crippen molar-refractivity contribution in [3.05, 3.63) is 18.0 Å². The first-order chi connectivity index (χ1) is 6.74. The molecule has 0 aliphatic rings. The molecule has 0 saturated carbocycles. The quantitative estimate of drug-likeness (QED) is 0.532. The van der Waals surface area contributed by atoms with Gasteiger partial charge in [0.1, 0.15) is 0 Å². The van der Waals surface area contributed by atoms with Crippen molar-refractivity contribution in [1.29, 1.82) is 0 Å². The fourth-order valence-electron chi connectivity index (χ4n) is 1.47. The molecule has 0 saturated heterocycles. The molecule has 0 amide bonds. The van der Waals surface area contributed by atoms with Crippen LogP contribution in [-0.4, -0.2) is 23.0 Å². The highest BCUT2D eigenvalue weighted by atomic mass is 16.5. The third kappa shape index (κ3) is 2.12. The van der Waals surface area contributed by atoms with E-state index in [9.17, 15) is 0 Å². The van der Waals surface area contributed by atoms with Crippen molar-refractivity contribution in [2.75, 3.05) is 7.11 Å². The van der Waals surface area contributed by atoms with Gasteiger partial charge in [-0.2, -0.15) is 5.10 Å². The summed E-state index contributed by atoms with van der Waals surface area (Å²) in [5.74, 6) is 5.49. The zero-order valence-electron chi connectivity index (χ0n) is 8.90. The van der Waals surface area contributed by atoms with Gasteiger partial charge in [-0.05, 0) is 19.9 Å². The van der Waals surface area contributed by atoms with E-state index in [2.05, 4.69) is 10.5 Å². The van der Waals surface area contributed by atoms with E-state index >= 15 is 0 Å². The van der Waals surface area contributed by atoms with Gasteiger partial charge in [-0.15, -0.1) is 0 Å². The molecule has 1 heterocycles. The summed E-state index contributed by atoms with van der Waals surface area (Å²) in [5, 5.41) is 4.19. The maximum absolute atomic E-state index is 5.49. The highest BCUT2D eigenvalue weighted by molar-refractivity contribution is 5.08. The van der Waals surface area contributed by atoms with E-state index in [0.29, 0.717) is 0 Å². The second-order valence-corrected chi connectivity index (χ2v) is 3.16. The Morgan fingerprint density at radius 3 is 2.93 bits per heavy atom. The second-order valence-electron chi connectivity index (χ2n) is 3.16. The van der Waals surface area contributed by atoms with E-state index in [4.69, 9.17) is 10.6 Å². The molecule has 0 aliphatic heterocycles. The summed E-state index contributed by atoms with van der Waals surface area (Å²) in [6.45, 7) is 4.84. The van der Waals surface area contributed by atoms with Crippen molar-refractivity contribution in [2.24, 2.45) is 5.84 Å². The van der Waals surface area contributed by atoms with E-state index in [1.807, 2.05) is 24.6 Å². The van der Waals surface area contributed by atoms with Crippen LogP contribution < -0.4 is 11.3 Å². The maximum atomic E-state index is 5.49. The molecule has 0 spiro atoms. The maximum Gasteiger partial charge on any atom is 0.0887 e. The van der Waals surface area contributed by atoms with Crippen LogP contribution in [0, 0.1) is 0 Å². The van der Waals surface area contributed by atoms with Gasteiger partial charge in [0.15, 0.2) is 0 Å². The molecule has 0 bridgehead atoms. The van der Waals surface area contributed by atoms with E-state index in [1.54, 1.807) is 13.3 Å². The molecular formula is C9H18N4O. The molecule has 5 heteroatoms. The zero-order chi connectivity index (χ0) is 10.6. The molecular weight excluding hydrogens is 180 g/mol. The Balaban J connectivity index is 2.88. The molecule has 0 aromatic carbocycles. The minimum Gasteiger partial charge on any atom is -0.380 e. The molecule has 80 valence electrons. The minimum atomic E-state index is -0.0255. The van der Waals surface area contributed by atoms with Crippen molar-refractivity contribution < 1.29 is 4.74 Å². The number of nitrogens with one attached hydrogen (secondary N) is 1. The van der Waals surface area contributed by atoms with E-state index in [1.165, 1.54) is 0 Å². The summed E-state index contributed by atoms with van der Waals surface area (Å²) in [6.07, 6.45) is 1.79. The van der Waals surface area contributed by atoms with Gasteiger partial charge in [0.05, 0.1) is 17.8 Å². The summed E-state index contributed by atoms with van der Waals surface area (Å²) in [7, 11) is 1.67. The van der Waals surface area contributed by atoms with E-state index < -0.39 is 0 Å². The predicted octanol–water partition coefficient (Wildman–Crippen LogP) is 0.442. The summed E-state index contributed by atoms with van der Waals surface area (Å²) < 4.78 is 7.15. The van der Waals surface area contributed by atoms with Crippen LogP contribution >= 0.6 is 0 Å². The average Bonchev–Trinajstić information content (AvgIpc) is 2.66. The molecule has 14 heavy (non-hydrogen) atoms. The van der Waals surface area contributed by atoms with Gasteiger partial charge in [0.25, 0.3) is 0 Å². The highest BCUT2D eigenvalue weighted by Gasteiger charge is 2.20. The topological polar surface area (TPSA) is 65.1 Å². The Morgan fingerprint density at radius 2 is 2.43 bits per heavy atom. The molecule has 0 fully saturated rings. The van der Waals surface area contributed by atoms with Crippen LogP contribution in [0.5, 0.6) is 0 Å². The van der Waals surface area contributed by atoms with Crippen LogP contribution in [0.2, 0.25) is 0 Å². The van der Waals surface area contributed by atoms with Crippen LogP contribution in [-0.2, 0) is 11.3 Å². The number of hydrogen-bond acceptors (Lipinski definition) is 4. The van der Waals surface area contributed by atoms with Crippen LogP contribution in [0.1, 0.15) is 25.6 Å². The Hall–Kier alpha value is -0.910. The molecule has 0 radical (unpaired) electrons. The third-order valence-corrected chi connectivity index (χ3v) is 2.39. The fraction of sp³-hybridized carbons (Fsp3) is 0.667. The number of hydrazine groups is 1.